The van der Waals surface area contributed by atoms with E-state index in [9.17, 15) is 14.4 Å². The number of nitrogens with zero attached hydrogens (tertiary/aromatic N) is 1. The second kappa shape index (κ2) is 6.37. The first kappa shape index (κ1) is 13.7. The van der Waals surface area contributed by atoms with Crippen molar-refractivity contribution in [3.63, 3.8) is 0 Å². The van der Waals surface area contributed by atoms with Crippen LogP contribution >= 0.6 is 0 Å². The fourth-order valence-electron chi connectivity index (χ4n) is 1.95. The Kier molecular flexibility index (Phi) is 5.12. The summed E-state index contributed by atoms with van der Waals surface area (Å²) >= 11 is 0. The summed E-state index contributed by atoms with van der Waals surface area (Å²) in [4.78, 5) is 35.6. The molecule has 1 heterocycles. The number of ketones is 1. The maximum absolute atomic E-state index is 11.6. The summed E-state index contributed by atoms with van der Waals surface area (Å²) in [5, 5.41) is 0. The van der Waals surface area contributed by atoms with Crippen molar-refractivity contribution in [1.82, 2.24) is 4.90 Å². The SMILES string of the molecule is CCOC(=O)C1CCN(C(=O)CC(C)=O)CC1. The Morgan fingerprint density at radius 2 is 1.82 bits per heavy atom. The van der Waals surface area contributed by atoms with Crippen LogP contribution in [-0.2, 0) is 19.1 Å². The minimum absolute atomic E-state index is 0.0376. The number of piperidine rings is 1. The normalized spacial score (nSPS) is 16.7. The number of amides is 1. The first-order valence-electron chi connectivity index (χ1n) is 5.98. The topological polar surface area (TPSA) is 63.7 Å². The molecule has 0 aliphatic carbocycles. The molecular formula is C12H19NO4. The smallest absolute Gasteiger partial charge is 0.309 e. The summed E-state index contributed by atoms with van der Waals surface area (Å²) in [6, 6.07) is 0. The molecule has 0 bridgehead atoms. The van der Waals surface area contributed by atoms with Crippen LogP contribution in [0.1, 0.15) is 33.1 Å². The maximum atomic E-state index is 11.6. The summed E-state index contributed by atoms with van der Waals surface area (Å²) in [5.41, 5.74) is 0. The van der Waals surface area contributed by atoms with E-state index in [1.54, 1.807) is 11.8 Å². The molecule has 5 heteroatoms. The van der Waals surface area contributed by atoms with E-state index in [4.69, 9.17) is 4.74 Å². The molecule has 0 aromatic heterocycles. The second-order valence-corrected chi connectivity index (χ2v) is 4.29. The second-order valence-electron chi connectivity index (χ2n) is 4.29. The largest absolute Gasteiger partial charge is 0.466 e. The Balaban J connectivity index is 2.37. The molecular weight excluding hydrogens is 222 g/mol. The minimum atomic E-state index is -0.175. The Morgan fingerprint density at radius 1 is 1.24 bits per heavy atom. The van der Waals surface area contributed by atoms with Gasteiger partial charge in [0.05, 0.1) is 18.9 Å². The molecule has 0 unspecified atom stereocenters. The molecule has 1 aliphatic heterocycles. The van der Waals surface area contributed by atoms with Gasteiger partial charge in [0.15, 0.2) is 0 Å². The highest BCUT2D eigenvalue weighted by Gasteiger charge is 2.28. The predicted octanol–water partition coefficient (Wildman–Crippen LogP) is 0.767. The van der Waals surface area contributed by atoms with Gasteiger partial charge in [0.25, 0.3) is 0 Å². The van der Waals surface area contributed by atoms with Crippen LogP contribution in [0, 0.1) is 5.92 Å². The van der Waals surface area contributed by atoms with E-state index < -0.39 is 0 Å². The average Bonchev–Trinajstić information content (AvgIpc) is 2.28. The van der Waals surface area contributed by atoms with Gasteiger partial charge in [-0.1, -0.05) is 0 Å². The lowest BCUT2D eigenvalue weighted by Crippen LogP contribution is -2.41. The summed E-state index contributed by atoms with van der Waals surface area (Å²) in [5.74, 6) is -0.537. The zero-order valence-corrected chi connectivity index (χ0v) is 10.4. The number of hydrogen-bond donors (Lipinski definition) is 0. The molecule has 0 saturated carbocycles. The van der Waals surface area contributed by atoms with Crippen molar-refractivity contribution < 1.29 is 19.1 Å². The lowest BCUT2D eigenvalue weighted by atomic mass is 9.97. The van der Waals surface area contributed by atoms with Crippen LogP contribution in [0.2, 0.25) is 0 Å². The molecule has 5 nitrogen and oxygen atoms in total. The molecule has 1 aliphatic rings. The van der Waals surface area contributed by atoms with Gasteiger partial charge < -0.3 is 9.64 Å². The fraction of sp³-hybridized carbons (Fsp3) is 0.750. The van der Waals surface area contributed by atoms with Gasteiger partial charge in [-0.15, -0.1) is 0 Å². The van der Waals surface area contributed by atoms with Gasteiger partial charge in [-0.25, -0.2) is 0 Å². The van der Waals surface area contributed by atoms with Gasteiger partial charge >= 0.3 is 5.97 Å². The van der Waals surface area contributed by atoms with Gasteiger partial charge in [-0.2, -0.15) is 0 Å². The highest BCUT2D eigenvalue weighted by atomic mass is 16.5. The molecule has 17 heavy (non-hydrogen) atoms. The molecule has 1 fully saturated rings. The number of likely N-dealkylation sites (tertiary alicyclic amines) is 1. The lowest BCUT2D eigenvalue weighted by molar-refractivity contribution is -0.151. The molecule has 0 aromatic rings. The number of Topliss-reactive ketones (excluding diaryl/α,β-unsaturated/α-hetero) is 1. The van der Waals surface area contributed by atoms with Gasteiger partial charge in [0.1, 0.15) is 5.78 Å². The monoisotopic (exact) mass is 241 g/mol. The van der Waals surface area contributed by atoms with E-state index in [-0.39, 0.29) is 30.0 Å². The first-order valence-corrected chi connectivity index (χ1v) is 5.98. The highest BCUT2D eigenvalue weighted by molar-refractivity contribution is 5.96. The van der Waals surface area contributed by atoms with E-state index >= 15 is 0 Å². The van der Waals surface area contributed by atoms with Gasteiger partial charge in [-0.05, 0) is 26.7 Å². The summed E-state index contributed by atoms with van der Waals surface area (Å²) in [7, 11) is 0. The van der Waals surface area contributed by atoms with E-state index in [2.05, 4.69) is 0 Å². The molecule has 1 saturated heterocycles. The van der Waals surface area contributed by atoms with Crippen LogP contribution in [0.5, 0.6) is 0 Å². The summed E-state index contributed by atoms with van der Waals surface area (Å²) in [6.45, 7) is 4.65. The third-order valence-electron chi connectivity index (χ3n) is 2.87. The van der Waals surface area contributed by atoms with Crippen molar-refractivity contribution >= 4 is 17.7 Å². The molecule has 0 atom stereocenters. The average molecular weight is 241 g/mol. The van der Waals surface area contributed by atoms with Crippen molar-refractivity contribution in [1.29, 1.82) is 0 Å². The van der Waals surface area contributed by atoms with Crippen LogP contribution in [0.4, 0.5) is 0 Å². The van der Waals surface area contributed by atoms with Gasteiger partial charge in [0.2, 0.25) is 5.91 Å². The van der Waals surface area contributed by atoms with Crippen LogP contribution < -0.4 is 0 Å². The van der Waals surface area contributed by atoms with E-state index in [0.717, 1.165) is 0 Å². The maximum Gasteiger partial charge on any atom is 0.309 e. The minimum Gasteiger partial charge on any atom is -0.466 e. The van der Waals surface area contributed by atoms with Crippen LogP contribution in [0.25, 0.3) is 0 Å². The van der Waals surface area contributed by atoms with Crippen LogP contribution in [-0.4, -0.2) is 42.3 Å². The number of ether oxygens (including phenoxy) is 1. The number of carbonyl (C=O) groups excluding carboxylic acids is 3. The zero-order valence-electron chi connectivity index (χ0n) is 10.4. The van der Waals surface area contributed by atoms with Crippen molar-refractivity contribution in [2.45, 2.75) is 33.1 Å². The van der Waals surface area contributed by atoms with Gasteiger partial charge in [-0.3, -0.25) is 14.4 Å². The molecule has 0 spiro atoms. The van der Waals surface area contributed by atoms with E-state index in [1.807, 2.05) is 0 Å². The van der Waals surface area contributed by atoms with E-state index in [0.29, 0.717) is 32.5 Å². The van der Waals surface area contributed by atoms with Crippen molar-refractivity contribution in [2.75, 3.05) is 19.7 Å². The predicted molar refractivity (Wildman–Crippen MR) is 61.2 cm³/mol. The molecule has 0 radical (unpaired) electrons. The van der Waals surface area contributed by atoms with E-state index in [1.165, 1.54) is 6.92 Å². The third-order valence-corrected chi connectivity index (χ3v) is 2.87. The number of carbonyl (C=O) groups is 3. The Bertz CT molecular complexity index is 306. The summed E-state index contributed by atoms with van der Waals surface area (Å²) < 4.78 is 4.95. The number of rotatable bonds is 4. The zero-order chi connectivity index (χ0) is 12.8. The number of hydrogen-bond acceptors (Lipinski definition) is 4. The Labute approximate surface area is 101 Å². The Morgan fingerprint density at radius 3 is 2.29 bits per heavy atom. The van der Waals surface area contributed by atoms with Crippen molar-refractivity contribution in [3.05, 3.63) is 0 Å². The Hall–Kier alpha value is -1.39. The quantitative estimate of drug-likeness (QED) is 0.538. The molecule has 1 amide bonds. The molecule has 96 valence electrons. The van der Waals surface area contributed by atoms with Crippen LogP contribution in [0.15, 0.2) is 0 Å². The first-order chi connectivity index (χ1) is 8.04. The standard InChI is InChI=1S/C12H19NO4/c1-3-17-12(16)10-4-6-13(7-5-10)11(15)8-9(2)14/h10H,3-8H2,1-2H3. The van der Waals surface area contributed by atoms with Crippen molar-refractivity contribution in [2.24, 2.45) is 5.92 Å². The third kappa shape index (κ3) is 4.17. The fourth-order valence-corrected chi connectivity index (χ4v) is 1.95. The lowest BCUT2D eigenvalue weighted by Gasteiger charge is -2.30. The van der Waals surface area contributed by atoms with Crippen molar-refractivity contribution in [3.8, 4) is 0 Å². The summed E-state index contributed by atoms with van der Waals surface area (Å²) in [6.07, 6.45) is 1.22. The molecule has 0 N–H and O–H groups in total. The number of esters is 1. The van der Waals surface area contributed by atoms with Crippen LogP contribution in [0.3, 0.4) is 0 Å². The highest BCUT2D eigenvalue weighted by Crippen LogP contribution is 2.19. The molecule has 0 aromatic carbocycles. The molecule has 1 rings (SSSR count). The van der Waals surface area contributed by atoms with Gasteiger partial charge in [0, 0.05) is 13.1 Å².